The van der Waals surface area contributed by atoms with Crippen molar-refractivity contribution in [3.63, 3.8) is 0 Å². The normalized spacial score (nSPS) is 10.6. The number of aromatic nitrogens is 2. The van der Waals surface area contributed by atoms with E-state index in [1.54, 1.807) is 12.3 Å². The number of nitrogens with zero attached hydrogens (tertiary/aromatic N) is 3. The van der Waals surface area contributed by atoms with Crippen LogP contribution in [0, 0.1) is 5.82 Å². The maximum absolute atomic E-state index is 13.7. The molecule has 5 nitrogen and oxygen atoms in total. The molecule has 1 aromatic carbocycles. The lowest BCUT2D eigenvalue weighted by Crippen LogP contribution is -2.20. The first-order chi connectivity index (χ1) is 9.52. The van der Waals surface area contributed by atoms with Crippen molar-refractivity contribution in [3.05, 3.63) is 36.2 Å². The second-order valence-electron chi connectivity index (χ2n) is 4.58. The number of aryl methyl sites for hydroxylation is 1. The third kappa shape index (κ3) is 2.84. The first-order valence-electron chi connectivity index (χ1n) is 6.42. The van der Waals surface area contributed by atoms with Crippen molar-refractivity contribution in [1.82, 2.24) is 9.55 Å². The average Bonchev–Trinajstić information content (AvgIpc) is 2.78. The van der Waals surface area contributed by atoms with Gasteiger partial charge in [0.15, 0.2) is 11.6 Å². The summed E-state index contributed by atoms with van der Waals surface area (Å²) >= 11 is 0. The molecule has 6 heteroatoms. The third-order valence-corrected chi connectivity index (χ3v) is 3.09. The molecule has 0 aliphatic heterocycles. The summed E-state index contributed by atoms with van der Waals surface area (Å²) in [6.07, 6.45) is 3.62. The minimum atomic E-state index is -0.446. The Balaban J connectivity index is 2.27. The fourth-order valence-corrected chi connectivity index (χ4v) is 2.00. The van der Waals surface area contributed by atoms with Gasteiger partial charge in [-0.1, -0.05) is 0 Å². The molecule has 2 aromatic rings. The SMILES string of the molecule is CCOc1cc(N(C)Cc2nccn2C)c(N)cc1F. The zero-order chi connectivity index (χ0) is 14.7. The second kappa shape index (κ2) is 5.81. The molecule has 0 unspecified atom stereocenters. The minimum Gasteiger partial charge on any atom is -0.491 e. The van der Waals surface area contributed by atoms with E-state index in [1.165, 1.54) is 6.07 Å². The van der Waals surface area contributed by atoms with Crippen molar-refractivity contribution in [2.75, 3.05) is 24.3 Å². The van der Waals surface area contributed by atoms with Gasteiger partial charge in [-0.2, -0.15) is 0 Å². The van der Waals surface area contributed by atoms with Gasteiger partial charge in [0.25, 0.3) is 0 Å². The van der Waals surface area contributed by atoms with Crippen LogP contribution in [0.25, 0.3) is 0 Å². The van der Waals surface area contributed by atoms with E-state index in [4.69, 9.17) is 10.5 Å². The molecular formula is C14H19FN4O. The molecule has 0 aliphatic rings. The third-order valence-electron chi connectivity index (χ3n) is 3.09. The van der Waals surface area contributed by atoms with Gasteiger partial charge in [-0.25, -0.2) is 9.37 Å². The van der Waals surface area contributed by atoms with Crippen LogP contribution in [0.3, 0.4) is 0 Å². The maximum Gasteiger partial charge on any atom is 0.167 e. The zero-order valence-electron chi connectivity index (χ0n) is 11.9. The first kappa shape index (κ1) is 14.2. The highest BCUT2D eigenvalue weighted by Gasteiger charge is 2.13. The van der Waals surface area contributed by atoms with E-state index in [-0.39, 0.29) is 5.75 Å². The molecule has 1 aromatic heterocycles. The first-order valence-corrected chi connectivity index (χ1v) is 6.42. The molecule has 0 amide bonds. The fourth-order valence-electron chi connectivity index (χ4n) is 2.00. The Bertz CT molecular complexity index is 597. The number of hydrogen-bond donors (Lipinski definition) is 1. The number of halogens is 1. The summed E-state index contributed by atoms with van der Waals surface area (Å²) in [7, 11) is 3.81. The topological polar surface area (TPSA) is 56.3 Å². The van der Waals surface area contributed by atoms with E-state index in [0.717, 1.165) is 11.5 Å². The minimum absolute atomic E-state index is 0.211. The molecule has 20 heavy (non-hydrogen) atoms. The lowest BCUT2D eigenvalue weighted by Gasteiger charge is -2.22. The van der Waals surface area contributed by atoms with Gasteiger partial charge < -0.3 is 19.9 Å². The molecule has 0 atom stereocenters. The summed E-state index contributed by atoms with van der Waals surface area (Å²) in [6, 6.07) is 2.91. The molecule has 0 radical (unpaired) electrons. The van der Waals surface area contributed by atoms with Gasteiger partial charge in [-0.05, 0) is 6.92 Å². The van der Waals surface area contributed by atoms with Gasteiger partial charge in [0.2, 0.25) is 0 Å². The molecule has 0 aliphatic carbocycles. The van der Waals surface area contributed by atoms with Crippen LogP contribution in [0.2, 0.25) is 0 Å². The van der Waals surface area contributed by atoms with Crippen LogP contribution < -0.4 is 15.4 Å². The highest BCUT2D eigenvalue weighted by atomic mass is 19.1. The van der Waals surface area contributed by atoms with Crippen molar-refractivity contribution in [2.24, 2.45) is 7.05 Å². The molecule has 1 heterocycles. The number of anilines is 2. The fraction of sp³-hybridized carbons (Fsp3) is 0.357. The number of hydrogen-bond acceptors (Lipinski definition) is 4. The second-order valence-corrected chi connectivity index (χ2v) is 4.58. The summed E-state index contributed by atoms with van der Waals surface area (Å²) in [5.74, 6) is 0.663. The Morgan fingerprint density at radius 2 is 2.20 bits per heavy atom. The molecule has 2 N–H and O–H groups in total. The van der Waals surface area contributed by atoms with E-state index < -0.39 is 5.82 Å². The lowest BCUT2D eigenvalue weighted by molar-refractivity contribution is 0.322. The van der Waals surface area contributed by atoms with E-state index in [9.17, 15) is 4.39 Å². The average molecular weight is 278 g/mol. The molecule has 0 spiro atoms. The Morgan fingerprint density at radius 1 is 1.45 bits per heavy atom. The van der Waals surface area contributed by atoms with Crippen molar-refractivity contribution in [1.29, 1.82) is 0 Å². The molecule has 0 saturated carbocycles. The standard InChI is InChI=1S/C14H19FN4O/c1-4-20-13-8-12(11(16)7-10(13)15)19(3)9-14-17-5-6-18(14)2/h5-8H,4,9,16H2,1-3H3. The van der Waals surface area contributed by atoms with Gasteiger partial charge in [0, 0.05) is 38.6 Å². The molecule has 0 fully saturated rings. The Hall–Kier alpha value is -2.24. The number of imidazole rings is 1. The van der Waals surface area contributed by atoms with Crippen molar-refractivity contribution in [3.8, 4) is 5.75 Å². The highest BCUT2D eigenvalue weighted by Crippen LogP contribution is 2.31. The predicted molar refractivity (Wildman–Crippen MR) is 77.3 cm³/mol. The lowest BCUT2D eigenvalue weighted by atomic mass is 10.2. The summed E-state index contributed by atoms with van der Waals surface area (Å²) < 4.78 is 20.9. The molecule has 2 rings (SSSR count). The molecule has 0 bridgehead atoms. The largest absolute Gasteiger partial charge is 0.491 e. The van der Waals surface area contributed by atoms with E-state index in [2.05, 4.69) is 4.98 Å². The predicted octanol–water partition coefficient (Wildman–Crippen LogP) is 2.18. The van der Waals surface area contributed by atoms with Crippen LogP contribution >= 0.6 is 0 Å². The van der Waals surface area contributed by atoms with Crippen LogP contribution in [-0.2, 0) is 13.6 Å². The summed E-state index contributed by atoms with van der Waals surface area (Å²) in [4.78, 5) is 6.18. The summed E-state index contributed by atoms with van der Waals surface area (Å²) in [6.45, 7) is 2.79. The summed E-state index contributed by atoms with van der Waals surface area (Å²) in [5.41, 5.74) is 6.99. The van der Waals surface area contributed by atoms with E-state index in [0.29, 0.717) is 18.8 Å². The van der Waals surface area contributed by atoms with Gasteiger partial charge >= 0.3 is 0 Å². The van der Waals surface area contributed by atoms with Gasteiger partial charge in [0.1, 0.15) is 5.82 Å². The highest BCUT2D eigenvalue weighted by molar-refractivity contribution is 5.69. The van der Waals surface area contributed by atoms with Gasteiger partial charge in [-0.3, -0.25) is 0 Å². The maximum atomic E-state index is 13.7. The van der Waals surface area contributed by atoms with E-state index in [1.807, 2.05) is 36.7 Å². The van der Waals surface area contributed by atoms with Crippen LogP contribution in [-0.4, -0.2) is 23.2 Å². The number of rotatable bonds is 5. The Morgan fingerprint density at radius 3 is 2.80 bits per heavy atom. The molecule has 108 valence electrons. The Labute approximate surface area is 117 Å². The van der Waals surface area contributed by atoms with Crippen LogP contribution in [0.4, 0.5) is 15.8 Å². The van der Waals surface area contributed by atoms with Crippen LogP contribution in [0.1, 0.15) is 12.7 Å². The monoisotopic (exact) mass is 278 g/mol. The number of nitrogens with two attached hydrogens (primary N) is 1. The van der Waals surface area contributed by atoms with Gasteiger partial charge in [0.05, 0.1) is 24.5 Å². The summed E-state index contributed by atoms with van der Waals surface area (Å²) in [5, 5.41) is 0. The van der Waals surface area contributed by atoms with Crippen LogP contribution in [0.15, 0.2) is 24.5 Å². The van der Waals surface area contributed by atoms with Crippen LogP contribution in [0.5, 0.6) is 5.75 Å². The molecule has 0 saturated heterocycles. The van der Waals surface area contributed by atoms with Crippen molar-refractivity contribution < 1.29 is 9.13 Å². The smallest absolute Gasteiger partial charge is 0.167 e. The van der Waals surface area contributed by atoms with E-state index >= 15 is 0 Å². The number of nitrogen functional groups attached to an aromatic ring is 1. The number of ether oxygens (including phenoxy) is 1. The quantitative estimate of drug-likeness (QED) is 0.852. The Kier molecular flexibility index (Phi) is 4.12. The zero-order valence-corrected chi connectivity index (χ0v) is 11.9. The van der Waals surface area contributed by atoms with Crippen molar-refractivity contribution >= 4 is 11.4 Å². The van der Waals surface area contributed by atoms with Gasteiger partial charge in [-0.15, -0.1) is 0 Å². The number of benzene rings is 1. The molecular weight excluding hydrogens is 259 g/mol. The van der Waals surface area contributed by atoms with Crippen molar-refractivity contribution in [2.45, 2.75) is 13.5 Å².